The number of benzene rings is 2. The van der Waals surface area contributed by atoms with Crippen LogP contribution in [0.3, 0.4) is 0 Å². The van der Waals surface area contributed by atoms with Crippen molar-refractivity contribution < 1.29 is 13.2 Å². The lowest BCUT2D eigenvalue weighted by Crippen LogP contribution is -2.36. The highest BCUT2D eigenvalue weighted by Gasteiger charge is 2.42. The summed E-state index contributed by atoms with van der Waals surface area (Å²) in [5.41, 5.74) is 2.72. The molecule has 0 amide bonds. The highest BCUT2D eigenvalue weighted by Crippen LogP contribution is 2.44. The summed E-state index contributed by atoms with van der Waals surface area (Å²) in [6.45, 7) is 1.93. The highest BCUT2D eigenvalue weighted by molar-refractivity contribution is 9.12. The van der Waals surface area contributed by atoms with Gasteiger partial charge < -0.3 is 4.74 Å². The Labute approximate surface area is 173 Å². The van der Waals surface area contributed by atoms with Gasteiger partial charge in [-0.15, -0.1) is 0 Å². The van der Waals surface area contributed by atoms with Crippen molar-refractivity contribution in [2.24, 2.45) is 10.9 Å². The molecule has 7 heteroatoms. The van der Waals surface area contributed by atoms with Gasteiger partial charge in [0.25, 0.3) is 10.0 Å². The summed E-state index contributed by atoms with van der Waals surface area (Å²) in [6, 6.07) is 14.5. The Morgan fingerprint density at radius 3 is 2.54 bits per heavy atom. The Morgan fingerprint density at radius 2 is 1.82 bits per heavy atom. The molecule has 0 aliphatic carbocycles. The highest BCUT2D eigenvalue weighted by atomic mass is 79.9. The van der Waals surface area contributed by atoms with Crippen molar-refractivity contribution in [2.75, 3.05) is 7.11 Å². The van der Waals surface area contributed by atoms with Crippen LogP contribution in [-0.4, -0.2) is 32.2 Å². The third kappa shape index (κ3) is 3.18. The van der Waals surface area contributed by atoms with Gasteiger partial charge in [-0.1, -0.05) is 42.0 Å². The van der Waals surface area contributed by atoms with Crippen LogP contribution in [0.15, 0.2) is 75.2 Å². The number of hydrogen-bond donors (Lipinski definition) is 0. The molecule has 144 valence electrons. The van der Waals surface area contributed by atoms with Gasteiger partial charge in [-0.2, -0.15) is 0 Å². The smallest absolute Gasteiger partial charge is 0.265 e. The van der Waals surface area contributed by atoms with E-state index in [9.17, 15) is 8.42 Å². The molecule has 0 saturated carbocycles. The third-order valence-electron chi connectivity index (χ3n) is 4.91. The largest absolute Gasteiger partial charge is 0.496 e. The van der Waals surface area contributed by atoms with Crippen LogP contribution in [0.2, 0.25) is 0 Å². The SMILES string of the molecule is COc1ccccc1C1=CN(S(=O)(=O)c2ccc(C)cc2)C2N=CC(Br)=CC12. The molecule has 2 aliphatic rings. The lowest BCUT2D eigenvalue weighted by Gasteiger charge is -2.27. The van der Waals surface area contributed by atoms with Gasteiger partial charge in [-0.05, 0) is 46.6 Å². The van der Waals surface area contributed by atoms with Crippen molar-refractivity contribution in [3.63, 3.8) is 0 Å². The maximum absolute atomic E-state index is 13.4. The molecular formula is C21H19BrN2O3S. The first-order valence-electron chi connectivity index (χ1n) is 8.77. The molecule has 4 rings (SSSR count). The molecule has 28 heavy (non-hydrogen) atoms. The summed E-state index contributed by atoms with van der Waals surface area (Å²) in [6.07, 6.45) is 4.76. The zero-order chi connectivity index (χ0) is 19.9. The summed E-state index contributed by atoms with van der Waals surface area (Å²) in [5.74, 6) is 0.483. The zero-order valence-corrected chi connectivity index (χ0v) is 17.8. The van der Waals surface area contributed by atoms with Crippen LogP contribution in [0.25, 0.3) is 5.57 Å². The van der Waals surface area contributed by atoms with Gasteiger partial charge in [0.05, 0.1) is 12.0 Å². The fraction of sp³-hybridized carbons (Fsp3) is 0.190. The first-order valence-corrected chi connectivity index (χ1v) is 11.0. The molecule has 2 aromatic rings. The number of sulfonamides is 1. The fourth-order valence-corrected chi connectivity index (χ4v) is 5.34. The van der Waals surface area contributed by atoms with Crippen molar-refractivity contribution >= 4 is 37.7 Å². The second-order valence-corrected chi connectivity index (χ2v) is 9.46. The topological polar surface area (TPSA) is 59.0 Å². The van der Waals surface area contributed by atoms with Crippen LogP contribution in [0, 0.1) is 12.8 Å². The van der Waals surface area contributed by atoms with Gasteiger partial charge in [0.2, 0.25) is 0 Å². The van der Waals surface area contributed by atoms with Crippen LogP contribution >= 0.6 is 15.9 Å². The minimum absolute atomic E-state index is 0.212. The number of ether oxygens (including phenoxy) is 1. The van der Waals surface area contributed by atoms with E-state index >= 15 is 0 Å². The molecule has 2 atom stereocenters. The molecule has 2 aromatic carbocycles. The number of aliphatic imine (C=N–C) groups is 1. The summed E-state index contributed by atoms with van der Waals surface area (Å²) in [5, 5.41) is 0. The number of dihydropyridines is 1. The lowest BCUT2D eigenvalue weighted by molar-refractivity contribution is 0.398. The van der Waals surface area contributed by atoms with E-state index in [0.29, 0.717) is 5.75 Å². The van der Waals surface area contributed by atoms with E-state index < -0.39 is 16.2 Å². The number of methoxy groups -OCH3 is 1. The van der Waals surface area contributed by atoms with Crippen LogP contribution < -0.4 is 4.74 Å². The molecule has 0 fully saturated rings. The second kappa shape index (κ2) is 7.22. The predicted molar refractivity (Wildman–Crippen MR) is 114 cm³/mol. The maximum Gasteiger partial charge on any atom is 0.265 e. The Kier molecular flexibility index (Phi) is 4.89. The quantitative estimate of drug-likeness (QED) is 0.683. The summed E-state index contributed by atoms with van der Waals surface area (Å²) in [7, 11) is -2.14. The van der Waals surface area contributed by atoms with E-state index in [4.69, 9.17) is 4.74 Å². The van der Waals surface area contributed by atoms with E-state index in [1.54, 1.807) is 43.8 Å². The molecule has 0 radical (unpaired) electrons. The normalized spacial score (nSPS) is 21.2. The second-order valence-electron chi connectivity index (χ2n) is 6.70. The summed E-state index contributed by atoms with van der Waals surface area (Å²) >= 11 is 3.47. The monoisotopic (exact) mass is 458 g/mol. The molecule has 2 unspecified atom stereocenters. The van der Waals surface area contributed by atoms with Crippen LogP contribution in [-0.2, 0) is 10.0 Å². The fourth-order valence-electron chi connectivity index (χ4n) is 3.49. The Bertz CT molecular complexity index is 1100. The van der Waals surface area contributed by atoms with Gasteiger partial charge in [0, 0.05) is 28.4 Å². The number of fused-ring (bicyclic) bond motifs is 1. The van der Waals surface area contributed by atoms with Crippen LogP contribution in [0.4, 0.5) is 0 Å². The standard InChI is InChI=1S/C21H19BrN2O3S/c1-14-7-9-16(10-8-14)28(25,26)24-13-19(17-5-3-4-6-20(17)27-2)18-11-15(22)12-23-21(18)24/h3-13,18,21H,1-2H3. The third-order valence-corrected chi connectivity index (χ3v) is 7.12. The minimum Gasteiger partial charge on any atom is -0.496 e. The number of aryl methyl sites for hydroxylation is 1. The average Bonchev–Trinajstić information content (AvgIpc) is 3.07. The molecule has 0 bridgehead atoms. The molecule has 0 spiro atoms. The Balaban J connectivity index is 1.85. The summed E-state index contributed by atoms with van der Waals surface area (Å²) < 4.78 is 34.4. The van der Waals surface area contributed by atoms with Gasteiger partial charge in [0.15, 0.2) is 0 Å². The van der Waals surface area contributed by atoms with Crippen LogP contribution in [0.5, 0.6) is 5.75 Å². The number of halogens is 1. The van der Waals surface area contributed by atoms with E-state index in [-0.39, 0.29) is 10.8 Å². The van der Waals surface area contributed by atoms with Crippen molar-refractivity contribution in [1.82, 2.24) is 4.31 Å². The molecular weight excluding hydrogens is 440 g/mol. The molecule has 0 aromatic heterocycles. The lowest BCUT2D eigenvalue weighted by atomic mass is 9.91. The maximum atomic E-state index is 13.4. The number of hydrogen-bond acceptors (Lipinski definition) is 4. The first kappa shape index (κ1) is 19.0. The summed E-state index contributed by atoms with van der Waals surface area (Å²) in [4.78, 5) is 4.76. The van der Waals surface area contributed by atoms with Gasteiger partial charge in [-0.25, -0.2) is 12.7 Å². The molecule has 0 saturated heterocycles. The van der Waals surface area contributed by atoms with Crippen molar-refractivity contribution in [1.29, 1.82) is 0 Å². The van der Waals surface area contributed by atoms with E-state index in [1.807, 2.05) is 37.3 Å². The number of nitrogens with zero attached hydrogens (tertiary/aromatic N) is 2. The molecule has 0 N–H and O–H groups in total. The van der Waals surface area contributed by atoms with Gasteiger partial charge >= 0.3 is 0 Å². The Morgan fingerprint density at radius 1 is 1.11 bits per heavy atom. The zero-order valence-electron chi connectivity index (χ0n) is 15.4. The van der Waals surface area contributed by atoms with E-state index in [1.165, 1.54) is 4.31 Å². The van der Waals surface area contributed by atoms with Crippen molar-refractivity contribution in [3.05, 3.63) is 76.4 Å². The van der Waals surface area contributed by atoms with Crippen molar-refractivity contribution in [3.8, 4) is 5.75 Å². The number of allylic oxidation sites excluding steroid dienone is 1. The van der Waals surface area contributed by atoms with E-state index in [0.717, 1.165) is 21.2 Å². The van der Waals surface area contributed by atoms with Gasteiger partial charge in [-0.3, -0.25) is 4.99 Å². The molecule has 2 aliphatic heterocycles. The predicted octanol–water partition coefficient (Wildman–Crippen LogP) is 4.35. The Hall–Kier alpha value is -2.38. The molecule has 5 nitrogen and oxygen atoms in total. The number of para-hydroxylation sites is 1. The minimum atomic E-state index is -3.75. The molecule has 2 heterocycles. The first-order chi connectivity index (χ1) is 13.4. The van der Waals surface area contributed by atoms with E-state index in [2.05, 4.69) is 20.9 Å². The van der Waals surface area contributed by atoms with Crippen molar-refractivity contribution in [2.45, 2.75) is 18.0 Å². The van der Waals surface area contributed by atoms with Crippen LogP contribution in [0.1, 0.15) is 11.1 Å². The number of rotatable bonds is 4. The van der Waals surface area contributed by atoms with Gasteiger partial charge in [0.1, 0.15) is 11.9 Å². The average molecular weight is 459 g/mol.